The zero-order valence-corrected chi connectivity index (χ0v) is 7.92. The van der Waals surface area contributed by atoms with Crippen LogP contribution >= 0.6 is 34.8 Å². The molecule has 0 aliphatic rings. The number of nitrogens with zero attached hydrogens (tertiary/aromatic N) is 1. The Hall–Kier alpha value is 0.0200. The van der Waals surface area contributed by atoms with Gasteiger partial charge in [-0.1, -0.05) is 11.6 Å². The van der Waals surface area contributed by atoms with Crippen LogP contribution in [0.4, 0.5) is 0 Å². The molecule has 0 aliphatic carbocycles. The first-order valence-corrected chi connectivity index (χ1v) is 4.48. The average Bonchev–Trinajstić information content (AvgIpc) is 2.03. The third kappa shape index (κ3) is 2.51. The molecule has 0 atom stereocenters. The summed E-state index contributed by atoms with van der Waals surface area (Å²) in [7, 11) is 0. The van der Waals surface area contributed by atoms with Gasteiger partial charge in [0.2, 0.25) is 0 Å². The highest BCUT2D eigenvalue weighted by atomic mass is 35.5. The molecule has 1 rings (SSSR count). The fourth-order valence-electron chi connectivity index (χ4n) is 0.746. The average molecular weight is 210 g/mol. The number of pyridine rings is 1. The van der Waals surface area contributed by atoms with Crippen molar-refractivity contribution in [3.8, 4) is 0 Å². The predicted octanol–water partition coefficient (Wildman–Crippen LogP) is 3.21. The van der Waals surface area contributed by atoms with Gasteiger partial charge in [0.1, 0.15) is 0 Å². The second-order valence-electron chi connectivity index (χ2n) is 2.04. The summed E-state index contributed by atoms with van der Waals surface area (Å²) >= 11 is 16.9. The van der Waals surface area contributed by atoms with Crippen LogP contribution in [0, 0.1) is 0 Å². The molecular weight excluding hydrogens is 204 g/mol. The normalized spacial score (nSPS) is 10.1. The molecule has 0 aromatic carbocycles. The van der Waals surface area contributed by atoms with E-state index in [0.29, 0.717) is 16.8 Å². The van der Waals surface area contributed by atoms with Crippen molar-refractivity contribution in [1.82, 2.24) is 4.98 Å². The van der Waals surface area contributed by atoms with Crippen LogP contribution in [0.1, 0.15) is 11.4 Å². The lowest BCUT2D eigenvalue weighted by Crippen LogP contribution is -1.90. The van der Waals surface area contributed by atoms with Crippen molar-refractivity contribution in [3.05, 3.63) is 28.5 Å². The van der Waals surface area contributed by atoms with Crippen LogP contribution in [0.15, 0.2) is 12.1 Å². The molecule has 0 N–H and O–H groups in total. The molecule has 0 spiro atoms. The van der Waals surface area contributed by atoms with Crippen LogP contribution in [-0.4, -0.2) is 4.98 Å². The molecule has 0 fully saturated rings. The smallest absolute Gasteiger partial charge is 0.0648 e. The minimum atomic E-state index is 0.366. The van der Waals surface area contributed by atoms with Crippen molar-refractivity contribution < 1.29 is 0 Å². The third-order valence-electron chi connectivity index (χ3n) is 1.17. The molecule has 0 amide bonds. The summed E-state index contributed by atoms with van der Waals surface area (Å²) in [4.78, 5) is 4.12. The first kappa shape index (κ1) is 9.11. The molecule has 0 aliphatic heterocycles. The SMILES string of the molecule is ClCc1cc(Cl)cc(CCl)n1. The van der Waals surface area contributed by atoms with E-state index in [1.165, 1.54) is 0 Å². The summed E-state index contributed by atoms with van der Waals surface area (Å²) < 4.78 is 0. The van der Waals surface area contributed by atoms with Gasteiger partial charge in [-0.2, -0.15) is 0 Å². The van der Waals surface area contributed by atoms with Gasteiger partial charge in [-0.05, 0) is 12.1 Å². The molecular formula is C7H6Cl3N. The van der Waals surface area contributed by atoms with Gasteiger partial charge < -0.3 is 0 Å². The fraction of sp³-hybridized carbons (Fsp3) is 0.286. The summed E-state index contributed by atoms with van der Waals surface area (Å²) in [5.74, 6) is 0.731. The van der Waals surface area contributed by atoms with Gasteiger partial charge in [0.25, 0.3) is 0 Å². The third-order valence-corrected chi connectivity index (χ3v) is 1.94. The standard InChI is InChI=1S/C7H6Cl3N/c8-3-6-1-5(10)2-7(4-9)11-6/h1-2H,3-4H2. The van der Waals surface area contributed by atoms with Gasteiger partial charge in [0, 0.05) is 5.02 Å². The van der Waals surface area contributed by atoms with Gasteiger partial charge in [0.05, 0.1) is 23.1 Å². The van der Waals surface area contributed by atoms with Crippen LogP contribution in [0.3, 0.4) is 0 Å². The van der Waals surface area contributed by atoms with E-state index in [0.717, 1.165) is 11.4 Å². The molecule has 1 nitrogen and oxygen atoms in total. The van der Waals surface area contributed by atoms with Crippen LogP contribution in [-0.2, 0) is 11.8 Å². The minimum absolute atomic E-state index is 0.366. The molecule has 4 heteroatoms. The summed E-state index contributed by atoms with van der Waals surface area (Å²) in [5.41, 5.74) is 1.52. The Balaban J connectivity index is 3.02. The van der Waals surface area contributed by atoms with E-state index in [-0.39, 0.29) is 0 Å². The van der Waals surface area contributed by atoms with E-state index in [4.69, 9.17) is 34.8 Å². The Kier molecular flexibility index (Phi) is 3.44. The number of rotatable bonds is 2. The highest BCUT2D eigenvalue weighted by Gasteiger charge is 1.98. The van der Waals surface area contributed by atoms with Crippen molar-refractivity contribution in [2.45, 2.75) is 11.8 Å². The molecule has 1 aromatic rings. The largest absolute Gasteiger partial charge is 0.255 e. The highest BCUT2D eigenvalue weighted by molar-refractivity contribution is 6.30. The van der Waals surface area contributed by atoms with Gasteiger partial charge in [-0.3, -0.25) is 4.98 Å². The Morgan fingerprint density at radius 1 is 1.09 bits per heavy atom. The molecule has 60 valence electrons. The molecule has 0 bridgehead atoms. The Bertz CT molecular complexity index is 227. The topological polar surface area (TPSA) is 12.9 Å². The number of aromatic nitrogens is 1. The maximum Gasteiger partial charge on any atom is 0.0648 e. The summed E-state index contributed by atoms with van der Waals surface area (Å²) in [5, 5.41) is 0.631. The Morgan fingerprint density at radius 2 is 1.55 bits per heavy atom. The van der Waals surface area contributed by atoms with Gasteiger partial charge in [-0.15, -0.1) is 23.2 Å². The maximum absolute atomic E-state index is 5.75. The van der Waals surface area contributed by atoms with Crippen molar-refractivity contribution in [2.24, 2.45) is 0 Å². The molecule has 0 radical (unpaired) electrons. The highest BCUT2D eigenvalue weighted by Crippen LogP contribution is 2.14. The first-order chi connectivity index (χ1) is 5.26. The molecule has 1 heterocycles. The molecule has 11 heavy (non-hydrogen) atoms. The Morgan fingerprint density at radius 3 is 1.91 bits per heavy atom. The van der Waals surface area contributed by atoms with E-state index in [9.17, 15) is 0 Å². The lowest BCUT2D eigenvalue weighted by molar-refractivity contribution is 1.08. The second kappa shape index (κ2) is 4.15. The summed E-state index contributed by atoms with van der Waals surface area (Å²) in [6.45, 7) is 0. The quantitative estimate of drug-likeness (QED) is 0.683. The lowest BCUT2D eigenvalue weighted by atomic mass is 10.3. The molecule has 1 aromatic heterocycles. The zero-order valence-electron chi connectivity index (χ0n) is 5.65. The first-order valence-electron chi connectivity index (χ1n) is 3.03. The van der Waals surface area contributed by atoms with Crippen molar-refractivity contribution in [1.29, 1.82) is 0 Å². The van der Waals surface area contributed by atoms with E-state index in [1.54, 1.807) is 12.1 Å². The zero-order chi connectivity index (χ0) is 8.27. The maximum atomic E-state index is 5.75. The van der Waals surface area contributed by atoms with Gasteiger partial charge in [-0.25, -0.2) is 0 Å². The van der Waals surface area contributed by atoms with E-state index in [1.807, 2.05) is 0 Å². The van der Waals surface area contributed by atoms with Gasteiger partial charge in [0.15, 0.2) is 0 Å². The van der Waals surface area contributed by atoms with Crippen molar-refractivity contribution in [3.63, 3.8) is 0 Å². The molecule has 0 saturated heterocycles. The number of hydrogen-bond acceptors (Lipinski definition) is 1. The van der Waals surface area contributed by atoms with Crippen molar-refractivity contribution in [2.75, 3.05) is 0 Å². The van der Waals surface area contributed by atoms with E-state index >= 15 is 0 Å². The summed E-state index contributed by atoms with van der Waals surface area (Å²) in [6, 6.07) is 3.45. The molecule has 0 unspecified atom stereocenters. The van der Waals surface area contributed by atoms with Crippen LogP contribution in [0.25, 0.3) is 0 Å². The monoisotopic (exact) mass is 209 g/mol. The second-order valence-corrected chi connectivity index (χ2v) is 3.01. The minimum Gasteiger partial charge on any atom is -0.255 e. The molecule has 0 saturated carbocycles. The van der Waals surface area contributed by atoms with Crippen molar-refractivity contribution >= 4 is 34.8 Å². The van der Waals surface area contributed by atoms with Crippen LogP contribution < -0.4 is 0 Å². The number of alkyl halides is 2. The number of hydrogen-bond donors (Lipinski definition) is 0. The van der Waals surface area contributed by atoms with Gasteiger partial charge >= 0.3 is 0 Å². The number of halogens is 3. The van der Waals surface area contributed by atoms with Crippen LogP contribution in [0.5, 0.6) is 0 Å². The summed E-state index contributed by atoms with van der Waals surface area (Å²) in [6.07, 6.45) is 0. The van der Waals surface area contributed by atoms with Crippen LogP contribution in [0.2, 0.25) is 5.02 Å². The van der Waals surface area contributed by atoms with E-state index < -0.39 is 0 Å². The lowest BCUT2D eigenvalue weighted by Gasteiger charge is -1.99. The fourth-order valence-corrected chi connectivity index (χ4v) is 1.27. The van der Waals surface area contributed by atoms with E-state index in [2.05, 4.69) is 4.98 Å². The Labute approximate surface area is 80.3 Å². The predicted molar refractivity (Wildman–Crippen MR) is 48.4 cm³/mol.